The van der Waals surface area contributed by atoms with E-state index in [-0.39, 0.29) is 18.4 Å². The van der Waals surface area contributed by atoms with Gasteiger partial charge in [0.15, 0.2) is 0 Å². The maximum atomic E-state index is 16.3. The number of carboxylic acid groups (broad SMARTS) is 1. The molecule has 1 N–H and O–H groups in total. The molecule has 39 heavy (non-hydrogen) atoms. The molecule has 1 aromatic carbocycles. The number of carbonyl (C=O) groups is 2. The van der Waals surface area contributed by atoms with E-state index in [4.69, 9.17) is 4.74 Å². The van der Waals surface area contributed by atoms with Gasteiger partial charge in [-0.2, -0.15) is 0 Å². The number of halogens is 3. The Balaban J connectivity index is 1.36. The number of nitrogens with zero attached hydrogens (tertiary/aromatic N) is 2. The van der Waals surface area contributed by atoms with Crippen LogP contribution in [0.3, 0.4) is 0 Å². The minimum absolute atomic E-state index is 0.114. The van der Waals surface area contributed by atoms with Crippen molar-refractivity contribution in [2.45, 2.75) is 75.9 Å². The molecule has 6 nitrogen and oxygen atoms in total. The molecule has 2 saturated heterocycles. The van der Waals surface area contributed by atoms with Gasteiger partial charge in [-0.25, -0.2) is 18.0 Å². The second-order valence-corrected chi connectivity index (χ2v) is 11.1. The first-order valence-electron chi connectivity index (χ1n) is 14.0. The molecule has 1 aliphatic carbocycles. The number of amides is 1. The largest absolute Gasteiger partial charge is 0.493 e. The van der Waals surface area contributed by atoms with E-state index in [9.17, 15) is 23.5 Å². The van der Waals surface area contributed by atoms with Gasteiger partial charge >= 0.3 is 5.97 Å². The fourth-order valence-corrected chi connectivity index (χ4v) is 5.77. The molecular weight excluding hydrogens is 509 g/mol. The monoisotopic (exact) mass is 548 g/mol. The van der Waals surface area contributed by atoms with Gasteiger partial charge in [-0.15, -0.1) is 0 Å². The average molecular weight is 549 g/mol. The van der Waals surface area contributed by atoms with E-state index in [1.807, 2.05) is 13.8 Å². The lowest BCUT2D eigenvalue weighted by Gasteiger charge is -2.36. The highest BCUT2D eigenvalue weighted by atomic mass is 19.1. The molecule has 9 heteroatoms. The first-order chi connectivity index (χ1) is 18.6. The van der Waals surface area contributed by atoms with E-state index in [0.717, 1.165) is 30.8 Å². The first kappa shape index (κ1) is 29.2. The van der Waals surface area contributed by atoms with Gasteiger partial charge in [-0.05, 0) is 62.4 Å². The van der Waals surface area contributed by atoms with Crippen LogP contribution in [0.5, 0.6) is 5.75 Å². The van der Waals surface area contributed by atoms with Crippen molar-refractivity contribution in [3.05, 3.63) is 48.1 Å². The molecule has 1 aromatic rings. The van der Waals surface area contributed by atoms with Crippen LogP contribution in [0.2, 0.25) is 0 Å². The summed E-state index contributed by atoms with van der Waals surface area (Å²) in [4.78, 5) is 27.8. The Labute approximate surface area is 228 Å². The number of rotatable bonds is 10. The van der Waals surface area contributed by atoms with Crippen LogP contribution in [-0.4, -0.2) is 83.1 Å². The summed E-state index contributed by atoms with van der Waals surface area (Å²) in [5.41, 5.74) is -3.03. The third-order valence-corrected chi connectivity index (χ3v) is 8.49. The highest BCUT2D eigenvalue weighted by Gasteiger charge is 2.51. The summed E-state index contributed by atoms with van der Waals surface area (Å²) < 4.78 is 51.0. The fraction of sp³-hybridized carbons (Fsp3) is 0.600. The van der Waals surface area contributed by atoms with Crippen molar-refractivity contribution >= 4 is 17.4 Å². The lowest BCUT2D eigenvalue weighted by Crippen LogP contribution is -2.51. The minimum atomic E-state index is -2.49. The summed E-state index contributed by atoms with van der Waals surface area (Å²) >= 11 is 0. The number of ether oxygens (including phenoxy) is 1. The van der Waals surface area contributed by atoms with Crippen molar-refractivity contribution < 1.29 is 32.6 Å². The highest BCUT2D eigenvalue weighted by Crippen LogP contribution is 2.41. The zero-order valence-corrected chi connectivity index (χ0v) is 22.8. The number of hydrogen-bond donors (Lipinski definition) is 1. The summed E-state index contributed by atoms with van der Waals surface area (Å²) in [5.74, 6) is -1.38. The molecule has 0 aromatic heterocycles. The summed E-state index contributed by atoms with van der Waals surface area (Å²) in [6.45, 7) is 6.04. The molecule has 3 aliphatic rings. The Kier molecular flexibility index (Phi) is 9.09. The van der Waals surface area contributed by atoms with Crippen LogP contribution in [0.4, 0.5) is 13.2 Å². The van der Waals surface area contributed by atoms with Gasteiger partial charge in [0.1, 0.15) is 23.6 Å². The fourth-order valence-electron chi connectivity index (χ4n) is 5.77. The Morgan fingerprint density at radius 1 is 1.15 bits per heavy atom. The number of piperidine rings is 1. The molecule has 0 saturated carbocycles. The summed E-state index contributed by atoms with van der Waals surface area (Å²) in [6, 6.07) is 5.42. The SMILES string of the molecule is CCC(F)(CC)CN1CCC(COc2ccc(C3=CC=CCC3(F)C(=O)N3CC(F)CC3C(=O)O)cc2)CC1. The number of carboxylic acids is 1. The van der Waals surface area contributed by atoms with Crippen molar-refractivity contribution in [3.8, 4) is 5.75 Å². The second kappa shape index (κ2) is 12.1. The number of allylic oxidation sites excluding steroid dienone is 3. The van der Waals surface area contributed by atoms with E-state index >= 15 is 4.39 Å². The average Bonchev–Trinajstić information content (AvgIpc) is 3.34. The van der Waals surface area contributed by atoms with E-state index in [0.29, 0.717) is 43.2 Å². The molecule has 2 fully saturated rings. The van der Waals surface area contributed by atoms with Gasteiger partial charge in [-0.1, -0.05) is 44.2 Å². The number of hydrogen-bond acceptors (Lipinski definition) is 4. The standard InChI is InChI=1S/C30H39F3N2O4/c1-3-29(32,4-2)20-34-15-12-21(13-16-34)19-39-24-10-8-22(9-11-24)25-7-5-6-14-30(25,33)28(38)35-18-23(31)17-26(35)27(36)37/h5-11,21,23,26H,3-4,12-20H2,1-2H3,(H,36,37). The highest BCUT2D eigenvalue weighted by molar-refractivity contribution is 6.02. The number of likely N-dealkylation sites (tertiary alicyclic amines) is 2. The summed E-state index contributed by atoms with van der Waals surface area (Å²) in [6.07, 6.45) is 5.48. The molecule has 1 amide bonds. The van der Waals surface area contributed by atoms with Gasteiger partial charge in [-0.3, -0.25) is 4.79 Å². The Bertz CT molecular complexity index is 1080. The van der Waals surface area contributed by atoms with Gasteiger partial charge in [0.05, 0.1) is 13.2 Å². The van der Waals surface area contributed by atoms with Crippen LogP contribution in [-0.2, 0) is 9.59 Å². The number of alkyl halides is 3. The molecular formula is C30H39F3N2O4. The summed E-state index contributed by atoms with van der Waals surface area (Å²) in [5, 5.41) is 9.43. The zero-order valence-electron chi connectivity index (χ0n) is 22.8. The van der Waals surface area contributed by atoms with Crippen LogP contribution in [0, 0.1) is 5.92 Å². The molecule has 2 aliphatic heterocycles. The predicted octanol–water partition coefficient (Wildman–Crippen LogP) is 5.38. The first-order valence-corrected chi connectivity index (χ1v) is 14.0. The molecule has 4 rings (SSSR count). The van der Waals surface area contributed by atoms with E-state index < -0.39 is 42.0 Å². The van der Waals surface area contributed by atoms with Gasteiger partial charge < -0.3 is 19.6 Å². The Morgan fingerprint density at radius 2 is 1.82 bits per heavy atom. The van der Waals surface area contributed by atoms with Gasteiger partial charge in [0, 0.05) is 25.0 Å². The molecule has 214 valence electrons. The zero-order chi connectivity index (χ0) is 28.2. The van der Waals surface area contributed by atoms with E-state index in [2.05, 4.69) is 4.90 Å². The van der Waals surface area contributed by atoms with Crippen molar-refractivity contribution in [2.75, 3.05) is 32.8 Å². The van der Waals surface area contributed by atoms with Crippen LogP contribution in [0.1, 0.15) is 57.9 Å². The Morgan fingerprint density at radius 3 is 2.44 bits per heavy atom. The third kappa shape index (κ3) is 6.51. The van der Waals surface area contributed by atoms with Crippen LogP contribution >= 0.6 is 0 Å². The lowest BCUT2D eigenvalue weighted by molar-refractivity contribution is -0.152. The summed E-state index contributed by atoms with van der Waals surface area (Å²) in [7, 11) is 0. The Hall–Kier alpha value is -2.81. The van der Waals surface area contributed by atoms with Crippen LogP contribution in [0.25, 0.3) is 5.57 Å². The van der Waals surface area contributed by atoms with Crippen LogP contribution < -0.4 is 4.74 Å². The maximum Gasteiger partial charge on any atom is 0.326 e. The normalized spacial score (nSPS) is 26.5. The molecule has 3 atom stereocenters. The molecule has 3 unspecified atom stereocenters. The van der Waals surface area contributed by atoms with Gasteiger partial charge in [0.25, 0.3) is 5.91 Å². The lowest BCUT2D eigenvalue weighted by atomic mass is 9.82. The van der Waals surface area contributed by atoms with Gasteiger partial charge in [0.2, 0.25) is 5.67 Å². The van der Waals surface area contributed by atoms with Crippen molar-refractivity contribution in [3.63, 3.8) is 0 Å². The second-order valence-electron chi connectivity index (χ2n) is 11.1. The third-order valence-electron chi connectivity index (χ3n) is 8.49. The van der Waals surface area contributed by atoms with Crippen LogP contribution in [0.15, 0.2) is 42.5 Å². The van der Waals surface area contributed by atoms with Crippen molar-refractivity contribution in [1.82, 2.24) is 9.80 Å². The van der Waals surface area contributed by atoms with Crippen molar-refractivity contribution in [1.29, 1.82) is 0 Å². The number of benzene rings is 1. The number of aliphatic carboxylic acids is 1. The van der Waals surface area contributed by atoms with Crippen molar-refractivity contribution in [2.24, 2.45) is 5.92 Å². The topological polar surface area (TPSA) is 70.1 Å². The smallest absolute Gasteiger partial charge is 0.326 e. The number of carbonyl (C=O) groups excluding carboxylic acids is 1. The maximum absolute atomic E-state index is 16.3. The molecule has 2 heterocycles. The molecule has 0 bridgehead atoms. The minimum Gasteiger partial charge on any atom is -0.493 e. The van der Waals surface area contributed by atoms with E-state index in [1.54, 1.807) is 30.3 Å². The predicted molar refractivity (Wildman–Crippen MR) is 144 cm³/mol. The van der Waals surface area contributed by atoms with E-state index in [1.165, 1.54) is 12.2 Å². The molecule has 0 radical (unpaired) electrons. The molecule has 0 spiro atoms. The quantitative estimate of drug-likeness (QED) is 0.425.